The van der Waals surface area contributed by atoms with Crippen molar-refractivity contribution in [2.75, 3.05) is 24.7 Å². The summed E-state index contributed by atoms with van der Waals surface area (Å²) in [5.41, 5.74) is 10.7. The Labute approximate surface area is 267 Å². The third-order valence-electron chi connectivity index (χ3n) is 8.36. The highest BCUT2D eigenvalue weighted by Gasteiger charge is 2.46. The fourth-order valence-corrected chi connectivity index (χ4v) is 7.66. The number of hydrogen-bond donors (Lipinski definition) is 3. The second kappa shape index (κ2) is 14.5. The molecule has 0 spiro atoms. The summed E-state index contributed by atoms with van der Waals surface area (Å²) in [4.78, 5) is 12.6. The number of aliphatic hydroxyl groups excluding tert-OH is 2. The molecule has 0 saturated carbocycles. The van der Waals surface area contributed by atoms with E-state index in [4.69, 9.17) is 15.2 Å². The molecule has 1 aliphatic heterocycles. The molecule has 45 heavy (non-hydrogen) atoms. The molecule has 4 N–H and O–H groups in total. The summed E-state index contributed by atoms with van der Waals surface area (Å²) in [5, 5.41) is 20.7. The summed E-state index contributed by atoms with van der Waals surface area (Å²) in [6.45, 7) is 0.133. The summed E-state index contributed by atoms with van der Waals surface area (Å²) >= 11 is 1.98. The molecule has 10 heteroatoms. The summed E-state index contributed by atoms with van der Waals surface area (Å²) in [6, 6.07) is 32.3. The molecule has 0 amide bonds. The van der Waals surface area contributed by atoms with Crippen LogP contribution in [0.4, 0.5) is 5.82 Å². The molecule has 5 aromatic rings. The van der Waals surface area contributed by atoms with Crippen LogP contribution in [0.5, 0.6) is 0 Å². The Hall–Kier alpha value is -3.80. The van der Waals surface area contributed by atoms with Crippen molar-refractivity contribution in [2.45, 2.75) is 55.0 Å². The van der Waals surface area contributed by atoms with Crippen LogP contribution in [0.2, 0.25) is 0 Å². The van der Waals surface area contributed by atoms with Crippen molar-refractivity contribution in [1.29, 1.82) is 0 Å². The highest BCUT2D eigenvalue weighted by molar-refractivity contribution is 8.00. The van der Waals surface area contributed by atoms with Crippen molar-refractivity contribution in [3.05, 3.63) is 120 Å². The van der Waals surface area contributed by atoms with Crippen LogP contribution in [0.15, 0.2) is 104 Å². The average molecular weight is 626 g/mol. The van der Waals surface area contributed by atoms with Gasteiger partial charge in [-0.3, -0.25) is 4.57 Å². The summed E-state index contributed by atoms with van der Waals surface area (Å²) in [5.74, 6) is 1.26. The van der Waals surface area contributed by atoms with E-state index in [-0.39, 0.29) is 17.2 Å². The first-order valence-electron chi connectivity index (χ1n) is 15.4. The Bertz CT molecular complexity index is 1540. The Morgan fingerprint density at radius 1 is 0.822 bits per heavy atom. The molecule has 1 aliphatic rings. The lowest BCUT2D eigenvalue weighted by Gasteiger charge is -2.35. The van der Waals surface area contributed by atoms with E-state index in [2.05, 4.69) is 106 Å². The molecule has 234 valence electrons. The number of imidazole rings is 1. The molecule has 1 fully saturated rings. The van der Waals surface area contributed by atoms with Gasteiger partial charge >= 0.3 is 0 Å². The standard InChI is InChI=1S/C35H39N5O4S/c36-32-29-33(38-23-37-32)40(24-39-29)34-31(30(42)28(22-41)44-34)43-20-12-1-2-13-21-45-35(25-14-6-3-7-15-25,26-16-8-4-9-17-26)27-18-10-5-11-19-27/h3-11,14-19,23-24,28,30-31,34,41-42H,1-2,12-13,20-22H2,(H2,36,37,38)/t28-,30?,31?,34-/m1/s1. The minimum Gasteiger partial charge on any atom is -0.394 e. The fourth-order valence-electron chi connectivity index (χ4n) is 6.10. The Kier molecular flexibility index (Phi) is 10.1. The molecule has 6 rings (SSSR count). The lowest BCUT2D eigenvalue weighted by molar-refractivity contribution is -0.0711. The van der Waals surface area contributed by atoms with Crippen LogP contribution in [-0.4, -0.2) is 67.0 Å². The first-order chi connectivity index (χ1) is 22.1. The molecule has 0 bridgehead atoms. The van der Waals surface area contributed by atoms with E-state index in [0.717, 1.165) is 31.4 Å². The number of unbranched alkanes of at least 4 members (excludes halogenated alkanes) is 3. The van der Waals surface area contributed by atoms with Gasteiger partial charge in [-0.05, 0) is 35.3 Å². The number of fused-ring (bicyclic) bond motifs is 1. The van der Waals surface area contributed by atoms with Gasteiger partial charge < -0.3 is 25.4 Å². The zero-order valence-corrected chi connectivity index (χ0v) is 25.9. The molecule has 1 saturated heterocycles. The Balaban J connectivity index is 1.06. The lowest BCUT2D eigenvalue weighted by Crippen LogP contribution is -2.35. The van der Waals surface area contributed by atoms with Gasteiger partial charge in [0.05, 0.1) is 17.7 Å². The molecule has 0 radical (unpaired) electrons. The van der Waals surface area contributed by atoms with Gasteiger partial charge in [0.2, 0.25) is 0 Å². The van der Waals surface area contributed by atoms with Crippen LogP contribution in [-0.2, 0) is 14.2 Å². The zero-order chi connectivity index (χ0) is 31.1. The fraction of sp³-hybridized carbons (Fsp3) is 0.343. The van der Waals surface area contributed by atoms with Gasteiger partial charge in [0, 0.05) is 6.61 Å². The van der Waals surface area contributed by atoms with Gasteiger partial charge in [0.1, 0.15) is 30.2 Å². The number of nitrogen functional groups attached to an aromatic ring is 1. The maximum absolute atomic E-state index is 10.9. The van der Waals surface area contributed by atoms with Gasteiger partial charge in [-0.25, -0.2) is 15.0 Å². The van der Waals surface area contributed by atoms with E-state index in [1.807, 2.05) is 11.8 Å². The molecule has 2 aromatic heterocycles. The average Bonchev–Trinajstić information content (AvgIpc) is 3.66. The van der Waals surface area contributed by atoms with Crippen molar-refractivity contribution in [2.24, 2.45) is 0 Å². The quantitative estimate of drug-likeness (QED) is 0.111. The molecule has 0 aliphatic carbocycles. The largest absolute Gasteiger partial charge is 0.394 e. The van der Waals surface area contributed by atoms with Crippen LogP contribution in [0, 0.1) is 0 Å². The van der Waals surface area contributed by atoms with Crippen LogP contribution < -0.4 is 5.73 Å². The number of hydrogen-bond acceptors (Lipinski definition) is 9. The van der Waals surface area contributed by atoms with E-state index in [0.29, 0.717) is 17.8 Å². The van der Waals surface area contributed by atoms with E-state index < -0.39 is 24.5 Å². The molecule has 2 unspecified atom stereocenters. The maximum atomic E-state index is 10.9. The van der Waals surface area contributed by atoms with Crippen molar-refractivity contribution < 1.29 is 19.7 Å². The second-order valence-electron chi connectivity index (χ2n) is 11.2. The van der Waals surface area contributed by atoms with Crippen LogP contribution in [0.1, 0.15) is 48.6 Å². The number of ether oxygens (including phenoxy) is 2. The molecule has 4 atom stereocenters. The summed E-state index contributed by atoms with van der Waals surface area (Å²) in [7, 11) is 0. The second-order valence-corrected chi connectivity index (χ2v) is 12.5. The van der Waals surface area contributed by atoms with Crippen molar-refractivity contribution in [3.8, 4) is 0 Å². The normalized spacial score (nSPS) is 20.1. The number of aliphatic hydroxyl groups is 2. The number of thioether (sulfide) groups is 1. The number of nitrogens with zero attached hydrogens (tertiary/aromatic N) is 4. The van der Waals surface area contributed by atoms with Crippen LogP contribution >= 0.6 is 11.8 Å². The number of rotatable bonds is 14. The molecular formula is C35H39N5O4S. The third kappa shape index (κ3) is 6.47. The van der Waals surface area contributed by atoms with Gasteiger partial charge in [-0.1, -0.05) is 104 Å². The number of nitrogens with two attached hydrogens (primary N) is 1. The summed E-state index contributed by atoms with van der Waals surface area (Å²) in [6.07, 6.45) is 3.72. The van der Waals surface area contributed by atoms with Crippen LogP contribution in [0.3, 0.4) is 0 Å². The summed E-state index contributed by atoms with van der Waals surface area (Å²) < 4.78 is 13.5. The third-order valence-corrected chi connectivity index (χ3v) is 10.00. The van der Waals surface area contributed by atoms with E-state index in [9.17, 15) is 10.2 Å². The minimum absolute atomic E-state index is 0.264. The van der Waals surface area contributed by atoms with Gasteiger partial charge in [-0.15, -0.1) is 11.8 Å². The first kappa shape index (κ1) is 31.2. The monoisotopic (exact) mass is 625 g/mol. The van der Waals surface area contributed by atoms with E-state index in [1.54, 1.807) is 10.9 Å². The first-order valence-corrected chi connectivity index (χ1v) is 16.4. The number of benzene rings is 3. The van der Waals surface area contributed by atoms with Crippen molar-refractivity contribution in [3.63, 3.8) is 0 Å². The van der Waals surface area contributed by atoms with Gasteiger partial charge in [-0.2, -0.15) is 0 Å². The van der Waals surface area contributed by atoms with Crippen molar-refractivity contribution >= 4 is 28.7 Å². The highest BCUT2D eigenvalue weighted by Crippen LogP contribution is 2.48. The predicted octanol–water partition coefficient (Wildman–Crippen LogP) is 5.33. The predicted molar refractivity (Wildman–Crippen MR) is 177 cm³/mol. The highest BCUT2D eigenvalue weighted by atomic mass is 32.2. The van der Waals surface area contributed by atoms with Gasteiger partial charge in [0.15, 0.2) is 17.7 Å². The zero-order valence-electron chi connectivity index (χ0n) is 25.1. The topological polar surface area (TPSA) is 129 Å². The molecular weight excluding hydrogens is 586 g/mol. The Morgan fingerprint density at radius 2 is 1.42 bits per heavy atom. The van der Waals surface area contributed by atoms with Crippen molar-refractivity contribution in [1.82, 2.24) is 19.5 Å². The molecule has 9 nitrogen and oxygen atoms in total. The van der Waals surface area contributed by atoms with E-state index in [1.165, 1.54) is 23.0 Å². The SMILES string of the molecule is Nc1ncnc2c1ncn2[C@@H]1O[C@H](CO)C(O)C1OCCCCCCSC(c1ccccc1)(c1ccccc1)c1ccccc1. The Morgan fingerprint density at radius 3 is 2.02 bits per heavy atom. The smallest absolute Gasteiger partial charge is 0.167 e. The van der Waals surface area contributed by atoms with Crippen LogP contribution in [0.25, 0.3) is 11.2 Å². The molecule has 3 aromatic carbocycles. The van der Waals surface area contributed by atoms with Gasteiger partial charge in [0.25, 0.3) is 0 Å². The number of anilines is 1. The number of aromatic nitrogens is 4. The lowest BCUT2D eigenvalue weighted by atomic mass is 9.84. The molecule has 3 heterocycles. The minimum atomic E-state index is -0.991. The van der Waals surface area contributed by atoms with E-state index >= 15 is 0 Å². The maximum Gasteiger partial charge on any atom is 0.167 e.